The van der Waals surface area contributed by atoms with Crippen LogP contribution in [0.1, 0.15) is 29.9 Å². The molecule has 0 saturated carbocycles. The number of fused-ring (bicyclic) bond motifs is 2. The topological polar surface area (TPSA) is 76.8 Å². The minimum Gasteiger partial charge on any atom is -0.493 e. The summed E-state index contributed by atoms with van der Waals surface area (Å²) in [6.07, 6.45) is 5.90. The van der Waals surface area contributed by atoms with Crippen molar-refractivity contribution in [2.45, 2.75) is 30.1 Å². The molecule has 5 rings (SSSR count). The number of piperidine rings is 1. The predicted molar refractivity (Wildman–Crippen MR) is 99.4 cm³/mol. The zero-order chi connectivity index (χ0) is 18.4. The van der Waals surface area contributed by atoms with Crippen molar-refractivity contribution in [3.8, 4) is 5.75 Å². The lowest BCUT2D eigenvalue weighted by molar-refractivity contribution is 0.319. The molecule has 140 valence electrons. The summed E-state index contributed by atoms with van der Waals surface area (Å²) in [4.78, 5) is 4.53. The van der Waals surface area contributed by atoms with Crippen LogP contribution in [0.25, 0.3) is 5.65 Å². The summed E-state index contributed by atoms with van der Waals surface area (Å²) < 4.78 is 34.9. The molecule has 1 fully saturated rings. The molecule has 7 nitrogen and oxygen atoms in total. The first kappa shape index (κ1) is 16.7. The Morgan fingerprint density at radius 1 is 1.11 bits per heavy atom. The third-order valence-electron chi connectivity index (χ3n) is 5.52. The molecule has 0 spiro atoms. The Labute approximate surface area is 157 Å². The number of aromatic nitrogens is 3. The summed E-state index contributed by atoms with van der Waals surface area (Å²) in [5.41, 5.74) is 2.98. The van der Waals surface area contributed by atoms with Crippen molar-refractivity contribution in [2.24, 2.45) is 0 Å². The predicted octanol–water partition coefficient (Wildman–Crippen LogP) is 2.23. The van der Waals surface area contributed by atoms with Crippen LogP contribution in [0, 0.1) is 0 Å². The second kappa shape index (κ2) is 6.31. The third kappa shape index (κ3) is 2.89. The molecule has 0 aliphatic carbocycles. The highest BCUT2D eigenvalue weighted by molar-refractivity contribution is 7.89. The quantitative estimate of drug-likeness (QED) is 0.692. The van der Waals surface area contributed by atoms with Crippen molar-refractivity contribution >= 4 is 15.7 Å². The number of sulfonamides is 1. The second-order valence-corrected chi connectivity index (χ2v) is 9.01. The normalized spacial score (nSPS) is 18.5. The van der Waals surface area contributed by atoms with E-state index in [1.165, 1.54) is 11.9 Å². The first-order valence-electron chi connectivity index (χ1n) is 9.16. The first-order chi connectivity index (χ1) is 13.1. The molecular weight excluding hydrogens is 364 g/mol. The molecule has 3 aromatic rings. The van der Waals surface area contributed by atoms with Gasteiger partial charge in [0.25, 0.3) is 0 Å². The van der Waals surface area contributed by atoms with E-state index in [9.17, 15) is 8.42 Å². The van der Waals surface area contributed by atoms with Crippen molar-refractivity contribution in [1.82, 2.24) is 18.9 Å². The van der Waals surface area contributed by atoms with Crippen LogP contribution >= 0.6 is 0 Å². The van der Waals surface area contributed by atoms with Gasteiger partial charge in [-0.3, -0.25) is 0 Å². The fourth-order valence-corrected chi connectivity index (χ4v) is 5.50. The molecule has 2 aromatic heterocycles. The van der Waals surface area contributed by atoms with Crippen LogP contribution in [-0.2, 0) is 16.4 Å². The van der Waals surface area contributed by atoms with Crippen LogP contribution in [0.4, 0.5) is 0 Å². The van der Waals surface area contributed by atoms with Crippen LogP contribution in [0.15, 0.2) is 47.8 Å². The lowest BCUT2D eigenvalue weighted by Gasteiger charge is -2.31. The molecule has 8 heteroatoms. The molecule has 0 N–H and O–H groups in total. The monoisotopic (exact) mass is 384 g/mol. The van der Waals surface area contributed by atoms with Gasteiger partial charge in [-0.1, -0.05) is 6.07 Å². The van der Waals surface area contributed by atoms with Gasteiger partial charge in [-0.2, -0.15) is 9.40 Å². The van der Waals surface area contributed by atoms with E-state index in [1.807, 2.05) is 12.3 Å². The average molecular weight is 384 g/mol. The van der Waals surface area contributed by atoms with E-state index in [1.54, 1.807) is 27.0 Å². The molecule has 4 heterocycles. The standard InChI is InChI=1S/C19H20N4O3S/c24-27(25,17-2-3-18-15(11-17)7-10-26-18)22-8-5-14(6-9-22)16-1-4-19-20-13-21-23(19)12-16/h1-4,11-14H,5-10H2. The molecule has 0 unspecified atom stereocenters. The third-order valence-corrected chi connectivity index (χ3v) is 7.42. The van der Waals surface area contributed by atoms with E-state index < -0.39 is 10.0 Å². The Bertz CT molecular complexity index is 1100. The number of benzene rings is 1. The number of hydrogen-bond acceptors (Lipinski definition) is 5. The van der Waals surface area contributed by atoms with E-state index in [0.29, 0.717) is 30.5 Å². The minimum absolute atomic E-state index is 0.332. The van der Waals surface area contributed by atoms with E-state index in [0.717, 1.165) is 36.2 Å². The molecule has 0 radical (unpaired) electrons. The van der Waals surface area contributed by atoms with Crippen LogP contribution in [-0.4, -0.2) is 47.0 Å². The molecule has 0 bridgehead atoms. The van der Waals surface area contributed by atoms with Crippen molar-refractivity contribution in [2.75, 3.05) is 19.7 Å². The SMILES string of the molecule is O=S(=O)(c1ccc2c(c1)CCO2)N1CCC(c2ccc3ncnn3c2)CC1. The largest absolute Gasteiger partial charge is 0.493 e. The summed E-state index contributed by atoms with van der Waals surface area (Å²) in [6.45, 7) is 1.67. The Morgan fingerprint density at radius 3 is 2.81 bits per heavy atom. The smallest absolute Gasteiger partial charge is 0.243 e. The fraction of sp³-hybridized carbons (Fsp3) is 0.368. The number of pyridine rings is 1. The van der Waals surface area contributed by atoms with Crippen LogP contribution in [0.3, 0.4) is 0 Å². The van der Waals surface area contributed by atoms with Crippen LogP contribution in [0.2, 0.25) is 0 Å². The van der Waals surface area contributed by atoms with Gasteiger partial charge in [-0.05, 0) is 54.2 Å². The van der Waals surface area contributed by atoms with Crippen LogP contribution < -0.4 is 4.74 Å². The molecule has 1 saturated heterocycles. The van der Waals surface area contributed by atoms with Crippen molar-refractivity contribution < 1.29 is 13.2 Å². The van der Waals surface area contributed by atoms with E-state index in [2.05, 4.69) is 16.1 Å². The Kier molecular flexibility index (Phi) is 3.91. The Morgan fingerprint density at radius 2 is 1.96 bits per heavy atom. The number of ether oxygens (including phenoxy) is 1. The van der Waals surface area contributed by atoms with E-state index in [-0.39, 0.29) is 0 Å². The van der Waals surface area contributed by atoms with Gasteiger partial charge in [0.2, 0.25) is 10.0 Å². The van der Waals surface area contributed by atoms with Gasteiger partial charge in [-0.25, -0.2) is 17.9 Å². The average Bonchev–Trinajstić information content (AvgIpc) is 3.35. The zero-order valence-electron chi connectivity index (χ0n) is 14.8. The molecule has 2 aliphatic heterocycles. The summed E-state index contributed by atoms with van der Waals surface area (Å²) >= 11 is 0. The van der Waals surface area contributed by atoms with Gasteiger partial charge in [0.1, 0.15) is 12.1 Å². The molecule has 27 heavy (non-hydrogen) atoms. The maximum atomic E-state index is 13.0. The van der Waals surface area contributed by atoms with Gasteiger partial charge in [0.15, 0.2) is 5.65 Å². The maximum Gasteiger partial charge on any atom is 0.243 e. The molecule has 0 atom stereocenters. The van der Waals surface area contributed by atoms with Gasteiger partial charge < -0.3 is 4.74 Å². The summed E-state index contributed by atoms with van der Waals surface area (Å²) in [5, 5.41) is 4.19. The van der Waals surface area contributed by atoms with E-state index >= 15 is 0 Å². The van der Waals surface area contributed by atoms with Gasteiger partial charge in [-0.15, -0.1) is 0 Å². The first-order valence-corrected chi connectivity index (χ1v) is 10.6. The lowest BCUT2D eigenvalue weighted by atomic mass is 9.91. The van der Waals surface area contributed by atoms with E-state index in [4.69, 9.17) is 4.74 Å². The van der Waals surface area contributed by atoms with Gasteiger partial charge in [0, 0.05) is 25.7 Å². The molecule has 0 amide bonds. The summed E-state index contributed by atoms with van der Waals surface area (Å²) in [6, 6.07) is 9.22. The fourth-order valence-electron chi connectivity index (χ4n) is 3.98. The zero-order valence-corrected chi connectivity index (χ0v) is 15.6. The van der Waals surface area contributed by atoms with Gasteiger partial charge >= 0.3 is 0 Å². The molecule has 2 aliphatic rings. The lowest BCUT2D eigenvalue weighted by Crippen LogP contribution is -2.37. The number of hydrogen-bond donors (Lipinski definition) is 0. The van der Waals surface area contributed by atoms with Crippen molar-refractivity contribution in [1.29, 1.82) is 0 Å². The second-order valence-electron chi connectivity index (χ2n) is 7.07. The highest BCUT2D eigenvalue weighted by atomic mass is 32.2. The van der Waals surface area contributed by atoms with Crippen molar-refractivity contribution in [3.05, 3.63) is 54.0 Å². The highest BCUT2D eigenvalue weighted by Crippen LogP contribution is 2.33. The molecular formula is C19H20N4O3S. The number of rotatable bonds is 3. The highest BCUT2D eigenvalue weighted by Gasteiger charge is 2.31. The van der Waals surface area contributed by atoms with Crippen molar-refractivity contribution in [3.63, 3.8) is 0 Å². The van der Waals surface area contributed by atoms with Crippen LogP contribution in [0.5, 0.6) is 5.75 Å². The Balaban J connectivity index is 1.33. The minimum atomic E-state index is -3.46. The van der Waals surface area contributed by atoms with Gasteiger partial charge in [0.05, 0.1) is 11.5 Å². The Hall–Kier alpha value is -2.45. The number of nitrogens with zero attached hydrogens (tertiary/aromatic N) is 4. The summed E-state index contributed by atoms with van der Waals surface area (Å²) in [5.74, 6) is 1.13. The molecule has 1 aromatic carbocycles. The maximum absolute atomic E-state index is 13.0. The summed E-state index contributed by atoms with van der Waals surface area (Å²) in [7, 11) is -3.46.